The summed E-state index contributed by atoms with van der Waals surface area (Å²) < 4.78 is 5.44. The summed E-state index contributed by atoms with van der Waals surface area (Å²) in [6, 6.07) is 8.06. The van der Waals surface area contributed by atoms with E-state index in [0.717, 1.165) is 30.7 Å². The highest BCUT2D eigenvalue weighted by Crippen LogP contribution is 2.21. The average Bonchev–Trinajstić information content (AvgIpc) is 3.08. The van der Waals surface area contributed by atoms with Gasteiger partial charge in [0.15, 0.2) is 0 Å². The van der Waals surface area contributed by atoms with Crippen LogP contribution in [0.5, 0.6) is 0 Å². The molecule has 0 aromatic carbocycles. The molecule has 0 spiro atoms. The number of hydrogen-bond acceptors (Lipinski definition) is 4. The van der Waals surface area contributed by atoms with Crippen LogP contribution in [0.25, 0.3) is 0 Å². The molecule has 0 bridgehead atoms. The Morgan fingerprint density at radius 1 is 1.38 bits per heavy atom. The number of aromatic nitrogens is 1. The van der Waals surface area contributed by atoms with Gasteiger partial charge in [-0.15, -0.1) is 12.4 Å². The fourth-order valence-corrected chi connectivity index (χ4v) is 3.13. The van der Waals surface area contributed by atoms with Crippen LogP contribution in [-0.2, 0) is 17.9 Å². The van der Waals surface area contributed by atoms with Gasteiger partial charge in [0.25, 0.3) is 0 Å². The summed E-state index contributed by atoms with van der Waals surface area (Å²) in [5.41, 5.74) is 1.04. The van der Waals surface area contributed by atoms with Crippen LogP contribution in [0.3, 0.4) is 0 Å². The van der Waals surface area contributed by atoms with E-state index in [-0.39, 0.29) is 24.2 Å². The number of pyridine rings is 1. The molecule has 6 heteroatoms. The SMILES string of the molecule is C[C@H]1C[C@@H](C(=O)N(Cc2cccnc2)Cc2ccco2)CCN1.Cl. The molecule has 5 nitrogen and oxygen atoms in total. The van der Waals surface area contributed by atoms with E-state index in [1.54, 1.807) is 12.5 Å². The van der Waals surface area contributed by atoms with Crippen molar-refractivity contribution < 1.29 is 9.21 Å². The van der Waals surface area contributed by atoms with Gasteiger partial charge >= 0.3 is 0 Å². The van der Waals surface area contributed by atoms with Gasteiger partial charge in [0.05, 0.1) is 12.8 Å². The summed E-state index contributed by atoms with van der Waals surface area (Å²) in [5, 5.41) is 3.40. The second-order valence-corrected chi connectivity index (χ2v) is 6.21. The van der Waals surface area contributed by atoms with Gasteiger partial charge in [0.1, 0.15) is 5.76 Å². The monoisotopic (exact) mass is 349 g/mol. The number of furan rings is 1. The molecule has 0 aliphatic carbocycles. The van der Waals surface area contributed by atoms with E-state index in [2.05, 4.69) is 17.2 Å². The number of hydrogen-bond donors (Lipinski definition) is 1. The van der Waals surface area contributed by atoms with Gasteiger partial charge in [-0.1, -0.05) is 6.07 Å². The molecule has 0 saturated carbocycles. The maximum atomic E-state index is 13.0. The quantitative estimate of drug-likeness (QED) is 0.901. The van der Waals surface area contributed by atoms with E-state index in [9.17, 15) is 4.79 Å². The second-order valence-electron chi connectivity index (χ2n) is 6.21. The topological polar surface area (TPSA) is 58.4 Å². The van der Waals surface area contributed by atoms with Gasteiger partial charge < -0.3 is 14.6 Å². The first kappa shape index (κ1) is 18.5. The summed E-state index contributed by atoms with van der Waals surface area (Å²) in [4.78, 5) is 19.0. The summed E-state index contributed by atoms with van der Waals surface area (Å²) >= 11 is 0. The molecule has 3 rings (SSSR count). The van der Waals surface area contributed by atoms with Crippen molar-refractivity contribution in [3.8, 4) is 0 Å². The van der Waals surface area contributed by atoms with Crippen molar-refractivity contribution in [1.29, 1.82) is 0 Å². The molecule has 2 atom stereocenters. The third-order valence-corrected chi connectivity index (χ3v) is 4.31. The Hall–Kier alpha value is -1.85. The van der Waals surface area contributed by atoms with Crippen LogP contribution in [0.15, 0.2) is 47.3 Å². The Morgan fingerprint density at radius 3 is 2.92 bits per heavy atom. The molecule has 3 heterocycles. The summed E-state index contributed by atoms with van der Waals surface area (Å²) in [6.07, 6.45) is 6.99. The largest absolute Gasteiger partial charge is 0.467 e. The summed E-state index contributed by atoms with van der Waals surface area (Å²) in [7, 11) is 0. The second kappa shape index (κ2) is 8.85. The first-order valence-electron chi connectivity index (χ1n) is 8.16. The molecular weight excluding hydrogens is 326 g/mol. The van der Waals surface area contributed by atoms with E-state index in [1.807, 2.05) is 35.4 Å². The molecule has 1 aliphatic rings. The highest BCUT2D eigenvalue weighted by Gasteiger charge is 2.29. The Morgan fingerprint density at radius 2 is 2.25 bits per heavy atom. The highest BCUT2D eigenvalue weighted by molar-refractivity contribution is 5.85. The van der Waals surface area contributed by atoms with Crippen molar-refractivity contribution in [1.82, 2.24) is 15.2 Å². The van der Waals surface area contributed by atoms with Crippen molar-refractivity contribution in [2.75, 3.05) is 6.54 Å². The summed E-state index contributed by atoms with van der Waals surface area (Å²) in [6.45, 7) is 4.10. The van der Waals surface area contributed by atoms with Crippen LogP contribution in [0.4, 0.5) is 0 Å². The zero-order valence-electron chi connectivity index (χ0n) is 13.9. The van der Waals surface area contributed by atoms with Gasteiger partial charge in [-0.2, -0.15) is 0 Å². The lowest BCUT2D eigenvalue weighted by Crippen LogP contribution is -2.43. The van der Waals surface area contributed by atoms with Crippen molar-refractivity contribution in [2.45, 2.75) is 38.9 Å². The van der Waals surface area contributed by atoms with Crippen LogP contribution in [-0.4, -0.2) is 28.4 Å². The van der Waals surface area contributed by atoms with Gasteiger partial charge in [-0.25, -0.2) is 0 Å². The van der Waals surface area contributed by atoms with E-state index < -0.39 is 0 Å². The standard InChI is InChI=1S/C18H23N3O2.ClH/c1-14-10-16(6-8-20-14)18(22)21(13-17-5-3-9-23-17)12-15-4-2-7-19-11-15;/h2-5,7,9,11,14,16,20H,6,8,10,12-13H2,1H3;1H/t14-,16-;/m0./s1. The van der Waals surface area contributed by atoms with Crippen molar-refractivity contribution >= 4 is 18.3 Å². The first-order chi connectivity index (χ1) is 11.2. The lowest BCUT2D eigenvalue weighted by atomic mass is 9.92. The van der Waals surface area contributed by atoms with E-state index in [0.29, 0.717) is 19.1 Å². The van der Waals surface area contributed by atoms with Gasteiger partial charge in [0.2, 0.25) is 5.91 Å². The predicted molar refractivity (Wildman–Crippen MR) is 94.6 cm³/mol. The summed E-state index contributed by atoms with van der Waals surface area (Å²) in [5.74, 6) is 1.10. The zero-order chi connectivity index (χ0) is 16.1. The molecule has 130 valence electrons. The van der Waals surface area contributed by atoms with Gasteiger partial charge in [-0.05, 0) is 50.1 Å². The fraction of sp³-hybridized carbons (Fsp3) is 0.444. The van der Waals surface area contributed by atoms with Gasteiger partial charge in [-0.3, -0.25) is 9.78 Å². The number of carbonyl (C=O) groups is 1. The first-order valence-corrected chi connectivity index (χ1v) is 8.16. The molecule has 0 unspecified atom stereocenters. The van der Waals surface area contributed by atoms with Gasteiger partial charge in [0, 0.05) is 30.9 Å². The van der Waals surface area contributed by atoms with E-state index >= 15 is 0 Å². The van der Waals surface area contributed by atoms with Crippen LogP contribution in [0, 0.1) is 5.92 Å². The molecule has 24 heavy (non-hydrogen) atoms. The minimum absolute atomic E-state index is 0. The van der Waals surface area contributed by atoms with E-state index in [1.165, 1.54) is 0 Å². The number of rotatable bonds is 5. The smallest absolute Gasteiger partial charge is 0.226 e. The number of carbonyl (C=O) groups excluding carboxylic acids is 1. The minimum atomic E-state index is 0. The van der Waals surface area contributed by atoms with Crippen molar-refractivity contribution in [2.24, 2.45) is 5.92 Å². The minimum Gasteiger partial charge on any atom is -0.467 e. The lowest BCUT2D eigenvalue weighted by molar-refractivity contribution is -0.138. The third kappa shape index (κ3) is 4.82. The molecule has 2 aromatic heterocycles. The number of amides is 1. The normalized spacial score (nSPS) is 20.2. The number of piperidine rings is 1. The molecule has 1 saturated heterocycles. The maximum Gasteiger partial charge on any atom is 0.226 e. The molecule has 1 fully saturated rings. The van der Waals surface area contributed by atoms with E-state index in [4.69, 9.17) is 4.42 Å². The van der Waals surface area contributed by atoms with Crippen LogP contribution >= 0.6 is 12.4 Å². The zero-order valence-corrected chi connectivity index (χ0v) is 14.7. The number of nitrogens with zero attached hydrogens (tertiary/aromatic N) is 2. The van der Waals surface area contributed by atoms with Crippen LogP contribution in [0.2, 0.25) is 0 Å². The Bertz CT molecular complexity index is 618. The number of halogens is 1. The Labute approximate surface area is 148 Å². The molecular formula is C18H24ClN3O2. The maximum absolute atomic E-state index is 13.0. The Balaban J connectivity index is 0.00000208. The lowest BCUT2D eigenvalue weighted by Gasteiger charge is -2.32. The average molecular weight is 350 g/mol. The molecule has 1 aliphatic heterocycles. The Kier molecular flexibility index (Phi) is 6.82. The van der Waals surface area contributed by atoms with Crippen LogP contribution < -0.4 is 5.32 Å². The molecule has 1 N–H and O–H groups in total. The number of nitrogens with one attached hydrogen (secondary N) is 1. The van der Waals surface area contributed by atoms with Crippen molar-refractivity contribution in [3.63, 3.8) is 0 Å². The van der Waals surface area contributed by atoms with Crippen molar-refractivity contribution in [3.05, 3.63) is 54.2 Å². The predicted octanol–water partition coefficient (Wildman–Crippen LogP) is 3.01. The molecule has 0 radical (unpaired) electrons. The third-order valence-electron chi connectivity index (χ3n) is 4.31. The highest BCUT2D eigenvalue weighted by atomic mass is 35.5. The van der Waals surface area contributed by atoms with Crippen LogP contribution in [0.1, 0.15) is 31.1 Å². The molecule has 2 aromatic rings. The fourth-order valence-electron chi connectivity index (χ4n) is 3.13. The molecule has 1 amide bonds.